The predicted molar refractivity (Wildman–Crippen MR) is 113 cm³/mol. The number of rotatable bonds is 7. The van der Waals surface area contributed by atoms with E-state index in [-0.39, 0.29) is 63.3 Å². The topological polar surface area (TPSA) is 90.3 Å². The van der Waals surface area contributed by atoms with Crippen molar-refractivity contribution in [2.24, 2.45) is 0 Å². The molecule has 1 atom stereocenters. The molecule has 0 aliphatic carbocycles. The molecule has 1 heterocycles. The van der Waals surface area contributed by atoms with Crippen LogP contribution in [0.25, 0.3) is 0 Å². The molecule has 1 aliphatic heterocycles. The third-order valence-electron chi connectivity index (χ3n) is 4.81. The van der Waals surface area contributed by atoms with E-state index in [0.29, 0.717) is 0 Å². The first-order valence-corrected chi connectivity index (χ1v) is 10.8. The van der Waals surface area contributed by atoms with Gasteiger partial charge in [-0.1, -0.05) is 32.9 Å². The third kappa shape index (κ3) is 8.67. The van der Waals surface area contributed by atoms with Gasteiger partial charge in [-0.2, -0.15) is 8.42 Å². The van der Waals surface area contributed by atoms with E-state index in [2.05, 4.69) is 37.8 Å². The van der Waals surface area contributed by atoms with Crippen LogP contribution < -0.4 is 4.74 Å². The fourth-order valence-electron chi connectivity index (χ4n) is 3.42. The molecule has 0 amide bonds. The van der Waals surface area contributed by atoms with E-state index in [0.717, 1.165) is 38.5 Å². The van der Waals surface area contributed by atoms with Crippen molar-refractivity contribution in [3.05, 3.63) is 29.3 Å². The molecule has 1 fully saturated rings. The first kappa shape index (κ1) is 26.5. The number of aliphatic hydroxyl groups excluding tert-OH is 1. The Hall–Kier alpha value is 0.446. The Morgan fingerprint density at radius 2 is 1.71 bits per heavy atom. The number of hydrogen-bond donors (Lipinski definition) is 2. The Labute approximate surface area is 211 Å². The molecule has 1 aromatic rings. The Balaban J connectivity index is 0.00000392. The average Bonchev–Trinajstić information content (AvgIpc) is 2.54. The number of aliphatic hydroxyl groups is 1. The second-order valence-corrected chi connectivity index (χ2v) is 9.76. The van der Waals surface area contributed by atoms with E-state index in [4.69, 9.17) is 9.29 Å². The van der Waals surface area contributed by atoms with Gasteiger partial charge in [0.1, 0.15) is 11.5 Å². The fourth-order valence-corrected chi connectivity index (χ4v) is 4.01. The van der Waals surface area contributed by atoms with Crippen LogP contribution in [-0.2, 0) is 22.1 Å². The van der Waals surface area contributed by atoms with Gasteiger partial charge >= 0.3 is 51.4 Å². The van der Waals surface area contributed by atoms with Gasteiger partial charge in [0.2, 0.25) is 0 Å². The first-order chi connectivity index (χ1) is 12.5. The van der Waals surface area contributed by atoms with Gasteiger partial charge in [-0.3, -0.25) is 14.4 Å². The Kier molecular flexibility index (Phi) is 10.6. The monoisotopic (exact) mass is 440 g/mol. The summed E-state index contributed by atoms with van der Waals surface area (Å²) in [5.41, 5.74) is 2.43. The summed E-state index contributed by atoms with van der Waals surface area (Å²) in [6.45, 7) is 10.8. The number of nitrogens with zero attached hydrogens (tertiary/aromatic N) is 2. The summed E-state index contributed by atoms with van der Waals surface area (Å²) >= 11 is 0. The van der Waals surface area contributed by atoms with E-state index in [1.165, 1.54) is 11.1 Å². The molecule has 9 heteroatoms. The number of ether oxygens (including phenoxy) is 1. The molecule has 0 spiro atoms. The molecule has 1 aromatic carbocycles. The van der Waals surface area contributed by atoms with Gasteiger partial charge in [0.05, 0.1) is 13.2 Å². The van der Waals surface area contributed by atoms with Gasteiger partial charge in [-0.15, -0.1) is 0 Å². The van der Waals surface area contributed by atoms with Gasteiger partial charge in [0.25, 0.3) is 10.1 Å². The first-order valence-electron chi connectivity index (χ1n) is 9.23. The van der Waals surface area contributed by atoms with Crippen LogP contribution in [0.2, 0.25) is 0 Å². The molecule has 1 saturated heterocycles. The summed E-state index contributed by atoms with van der Waals surface area (Å²) in [6, 6.07) is 6.33. The zero-order valence-corrected chi connectivity index (χ0v) is 17.5. The van der Waals surface area contributed by atoms with Crippen LogP contribution in [-0.4, -0.2) is 131 Å². The molecular formula is C19H33KN2O5S. The van der Waals surface area contributed by atoms with Crippen LogP contribution in [0.4, 0.5) is 0 Å². The predicted octanol–water partition coefficient (Wildman–Crippen LogP) is 0.711. The molecule has 0 saturated carbocycles. The fraction of sp³-hybridized carbons (Fsp3) is 0.684. The summed E-state index contributed by atoms with van der Waals surface area (Å²) in [4.78, 5) is 4.38. The molecular weight excluding hydrogens is 407 g/mol. The van der Waals surface area contributed by atoms with Gasteiger partial charge in [-0.05, 0) is 22.6 Å². The summed E-state index contributed by atoms with van der Waals surface area (Å²) in [5.74, 6) is 0.290. The molecule has 2 rings (SSSR count). The van der Waals surface area contributed by atoms with Crippen LogP contribution >= 0.6 is 0 Å². The molecule has 0 bridgehead atoms. The maximum atomic E-state index is 10.8. The van der Waals surface area contributed by atoms with Crippen molar-refractivity contribution in [3.63, 3.8) is 0 Å². The Bertz CT molecular complexity index is 728. The van der Waals surface area contributed by atoms with Crippen molar-refractivity contribution < 1.29 is 22.8 Å². The minimum absolute atomic E-state index is 0. The molecule has 0 radical (unpaired) electrons. The summed E-state index contributed by atoms with van der Waals surface area (Å²) in [5, 5.41) is 9.79. The number of benzene rings is 1. The SMILES string of the molecule is COc1ccc(CN2CCN(CC(O)CS(=O)(=O)O)CC2)cc1C(C)(C)C.[KH]. The quantitative estimate of drug-likeness (QED) is 0.477. The zero-order valence-electron chi connectivity index (χ0n) is 16.7. The standard InChI is InChI=1S/C19H32N2O5S.K.H/c1-19(2,3)17-11-15(5-6-18(17)26-4)12-20-7-9-21(10-8-20)13-16(22)14-27(23,24)25;;/h5-6,11,16,22H,7-10,12-14H2,1-4H3,(H,23,24,25);;. The Morgan fingerprint density at radius 1 is 1.14 bits per heavy atom. The van der Waals surface area contributed by atoms with Gasteiger partial charge in [0, 0.05) is 39.3 Å². The minimum atomic E-state index is -4.14. The van der Waals surface area contributed by atoms with Gasteiger partial charge < -0.3 is 9.84 Å². The van der Waals surface area contributed by atoms with Crippen molar-refractivity contribution in [2.45, 2.75) is 38.8 Å². The van der Waals surface area contributed by atoms with E-state index >= 15 is 0 Å². The molecule has 28 heavy (non-hydrogen) atoms. The Morgan fingerprint density at radius 3 is 2.21 bits per heavy atom. The number of piperazine rings is 1. The molecule has 2 N–H and O–H groups in total. The molecule has 1 unspecified atom stereocenters. The summed E-state index contributed by atoms with van der Waals surface area (Å²) in [7, 11) is -2.45. The average molecular weight is 441 g/mol. The number of β-amino-alcohol motifs (C(OH)–C–C–N with tert-alkyl or cyclic N) is 1. The third-order valence-corrected chi connectivity index (χ3v) is 5.62. The van der Waals surface area contributed by atoms with Crippen LogP contribution in [0.1, 0.15) is 31.9 Å². The molecule has 156 valence electrons. The van der Waals surface area contributed by atoms with Crippen molar-refractivity contribution in [1.29, 1.82) is 0 Å². The second-order valence-electron chi connectivity index (χ2n) is 8.26. The zero-order chi connectivity index (χ0) is 20.2. The van der Waals surface area contributed by atoms with Crippen LogP contribution in [0.15, 0.2) is 18.2 Å². The maximum absolute atomic E-state index is 10.8. The molecule has 1 aliphatic rings. The summed E-state index contributed by atoms with van der Waals surface area (Å²) in [6.07, 6.45) is -1.07. The van der Waals surface area contributed by atoms with Crippen LogP contribution in [0, 0.1) is 0 Å². The molecule has 0 aromatic heterocycles. The van der Waals surface area contributed by atoms with E-state index < -0.39 is 22.0 Å². The summed E-state index contributed by atoms with van der Waals surface area (Å²) < 4.78 is 36.0. The number of hydrogen-bond acceptors (Lipinski definition) is 6. The van der Waals surface area contributed by atoms with E-state index in [9.17, 15) is 13.5 Å². The normalized spacial score (nSPS) is 17.8. The van der Waals surface area contributed by atoms with Crippen molar-refractivity contribution in [3.8, 4) is 5.75 Å². The second kappa shape index (κ2) is 11.2. The van der Waals surface area contributed by atoms with Crippen LogP contribution in [0.5, 0.6) is 5.75 Å². The van der Waals surface area contributed by atoms with Crippen molar-refractivity contribution in [2.75, 3.05) is 45.6 Å². The molecule has 7 nitrogen and oxygen atoms in total. The van der Waals surface area contributed by atoms with E-state index in [1.807, 2.05) is 11.0 Å². The van der Waals surface area contributed by atoms with Crippen molar-refractivity contribution in [1.82, 2.24) is 9.80 Å². The van der Waals surface area contributed by atoms with Gasteiger partial charge in [-0.25, -0.2) is 0 Å². The van der Waals surface area contributed by atoms with E-state index in [1.54, 1.807) is 7.11 Å². The number of methoxy groups -OCH3 is 1. The van der Waals surface area contributed by atoms with Crippen molar-refractivity contribution >= 4 is 61.5 Å². The van der Waals surface area contributed by atoms with Gasteiger partial charge in [0.15, 0.2) is 0 Å². The van der Waals surface area contributed by atoms with Crippen LogP contribution in [0.3, 0.4) is 0 Å².